The zero-order chi connectivity index (χ0) is 15.0. The Morgan fingerprint density at radius 3 is 2.70 bits per heavy atom. The Hall–Kier alpha value is -2.31. The number of rotatable bonds is 5. The lowest BCUT2D eigenvalue weighted by Gasteiger charge is -2.09. The number of carbonyl (C=O) groups is 1. The SMILES string of the molecule is CCOC(=O)COc1ccc(Br)cc1C=C(C#N)C#N. The number of carbonyl (C=O) groups excluding carboxylic acids is 1. The van der Waals surface area contributed by atoms with Gasteiger partial charge in [0.15, 0.2) is 6.61 Å². The Balaban J connectivity index is 2.97. The van der Waals surface area contributed by atoms with Crippen molar-refractivity contribution in [1.82, 2.24) is 0 Å². The van der Waals surface area contributed by atoms with Crippen molar-refractivity contribution in [2.24, 2.45) is 0 Å². The Bertz CT molecular complexity index is 596. The smallest absolute Gasteiger partial charge is 0.344 e. The number of hydrogen-bond acceptors (Lipinski definition) is 5. The molecule has 0 saturated carbocycles. The molecule has 0 bridgehead atoms. The number of allylic oxidation sites excluding steroid dienone is 1. The zero-order valence-corrected chi connectivity index (χ0v) is 12.3. The topological polar surface area (TPSA) is 83.1 Å². The van der Waals surface area contributed by atoms with E-state index in [9.17, 15) is 4.79 Å². The maximum absolute atomic E-state index is 11.3. The highest BCUT2D eigenvalue weighted by atomic mass is 79.9. The molecule has 0 heterocycles. The summed E-state index contributed by atoms with van der Waals surface area (Å²) in [5.74, 6) is -0.0876. The molecule has 0 spiro atoms. The summed E-state index contributed by atoms with van der Waals surface area (Å²) in [6.45, 7) is 1.75. The molecule has 0 aliphatic carbocycles. The molecular formula is C14H11BrN2O3. The van der Waals surface area contributed by atoms with E-state index in [0.717, 1.165) is 4.47 Å². The number of nitrogens with zero attached hydrogens (tertiary/aromatic N) is 2. The van der Waals surface area contributed by atoms with Gasteiger partial charge in [-0.3, -0.25) is 0 Å². The monoisotopic (exact) mass is 334 g/mol. The molecule has 0 N–H and O–H groups in total. The summed E-state index contributed by atoms with van der Waals surface area (Å²) in [6, 6.07) is 8.60. The van der Waals surface area contributed by atoms with Crippen LogP contribution in [0, 0.1) is 22.7 Å². The molecule has 0 aromatic heterocycles. The molecular weight excluding hydrogens is 324 g/mol. The molecule has 0 fully saturated rings. The van der Waals surface area contributed by atoms with E-state index in [1.807, 2.05) is 0 Å². The van der Waals surface area contributed by atoms with Crippen LogP contribution in [0.2, 0.25) is 0 Å². The minimum absolute atomic E-state index is 0.0518. The van der Waals surface area contributed by atoms with E-state index in [2.05, 4.69) is 15.9 Å². The van der Waals surface area contributed by atoms with E-state index >= 15 is 0 Å². The van der Waals surface area contributed by atoms with Gasteiger partial charge in [0.2, 0.25) is 0 Å². The second kappa shape index (κ2) is 7.98. The zero-order valence-electron chi connectivity index (χ0n) is 10.7. The molecule has 0 saturated heterocycles. The molecule has 6 heteroatoms. The van der Waals surface area contributed by atoms with Gasteiger partial charge in [-0.2, -0.15) is 10.5 Å². The third kappa shape index (κ3) is 4.75. The van der Waals surface area contributed by atoms with Gasteiger partial charge in [-0.05, 0) is 31.2 Å². The molecule has 20 heavy (non-hydrogen) atoms. The molecule has 0 aliphatic heterocycles. The van der Waals surface area contributed by atoms with E-state index in [4.69, 9.17) is 20.0 Å². The quantitative estimate of drug-likeness (QED) is 0.610. The van der Waals surface area contributed by atoms with Gasteiger partial charge in [0, 0.05) is 10.0 Å². The van der Waals surface area contributed by atoms with Gasteiger partial charge in [0.05, 0.1) is 6.61 Å². The number of benzene rings is 1. The number of nitriles is 2. The predicted molar refractivity (Wildman–Crippen MR) is 75.5 cm³/mol. The average molecular weight is 335 g/mol. The molecule has 0 radical (unpaired) electrons. The highest BCUT2D eigenvalue weighted by molar-refractivity contribution is 9.10. The van der Waals surface area contributed by atoms with Crippen molar-refractivity contribution in [3.63, 3.8) is 0 Å². The first-order valence-corrected chi connectivity index (χ1v) is 6.49. The first kappa shape index (κ1) is 15.7. The molecule has 102 valence electrons. The van der Waals surface area contributed by atoms with Gasteiger partial charge in [0.1, 0.15) is 23.5 Å². The molecule has 5 nitrogen and oxygen atoms in total. The summed E-state index contributed by atoms with van der Waals surface area (Å²) in [4.78, 5) is 11.3. The Kier molecular flexibility index (Phi) is 6.28. The van der Waals surface area contributed by atoms with Crippen LogP contribution >= 0.6 is 15.9 Å². The fraction of sp³-hybridized carbons (Fsp3) is 0.214. The summed E-state index contributed by atoms with van der Waals surface area (Å²) in [6.07, 6.45) is 1.39. The van der Waals surface area contributed by atoms with Gasteiger partial charge >= 0.3 is 5.97 Å². The molecule has 1 rings (SSSR count). The summed E-state index contributed by atoms with van der Waals surface area (Å²) >= 11 is 3.29. The average Bonchev–Trinajstić information content (AvgIpc) is 2.44. The maximum Gasteiger partial charge on any atom is 0.344 e. The van der Waals surface area contributed by atoms with Crippen molar-refractivity contribution in [2.45, 2.75) is 6.92 Å². The molecule has 1 aromatic carbocycles. The highest BCUT2D eigenvalue weighted by Crippen LogP contribution is 2.25. The van der Waals surface area contributed by atoms with E-state index in [1.165, 1.54) is 6.08 Å². The largest absolute Gasteiger partial charge is 0.481 e. The second-order valence-electron chi connectivity index (χ2n) is 3.56. The van der Waals surface area contributed by atoms with Crippen LogP contribution in [0.25, 0.3) is 6.08 Å². The molecule has 1 aromatic rings. The van der Waals surface area contributed by atoms with Crippen LogP contribution in [0.4, 0.5) is 0 Å². The van der Waals surface area contributed by atoms with Gasteiger partial charge in [-0.15, -0.1) is 0 Å². The summed E-state index contributed by atoms with van der Waals surface area (Å²) in [7, 11) is 0. The van der Waals surface area contributed by atoms with Crippen LogP contribution in [-0.2, 0) is 9.53 Å². The minimum Gasteiger partial charge on any atom is -0.481 e. The van der Waals surface area contributed by atoms with Gasteiger partial charge < -0.3 is 9.47 Å². The lowest BCUT2D eigenvalue weighted by atomic mass is 10.1. The molecule has 0 aliphatic rings. The number of halogens is 1. The van der Waals surface area contributed by atoms with E-state index in [0.29, 0.717) is 11.3 Å². The predicted octanol–water partition coefficient (Wildman–Crippen LogP) is 2.82. The van der Waals surface area contributed by atoms with Crippen LogP contribution < -0.4 is 4.74 Å². The van der Waals surface area contributed by atoms with Crippen molar-refractivity contribution in [3.05, 3.63) is 33.8 Å². The normalized spacial score (nSPS) is 9.00. The first-order chi connectivity index (χ1) is 9.60. The fourth-order valence-electron chi connectivity index (χ4n) is 1.35. The lowest BCUT2D eigenvalue weighted by Crippen LogP contribution is -2.14. The lowest BCUT2D eigenvalue weighted by molar-refractivity contribution is -0.145. The van der Waals surface area contributed by atoms with Crippen molar-refractivity contribution >= 4 is 28.0 Å². The number of ether oxygens (including phenoxy) is 2. The Labute approximate surface area is 125 Å². The van der Waals surface area contributed by atoms with E-state index < -0.39 is 5.97 Å². The van der Waals surface area contributed by atoms with Crippen LogP contribution in [0.1, 0.15) is 12.5 Å². The Morgan fingerprint density at radius 2 is 2.10 bits per heavy atom. The standard InChI is InChI=1S/C14H11BrN2O3/c1-2-19-14(18)9-20-13-4-3-12(15)6-11(13)5-10(7-16)8-17/h3-6H,2,9H2,1H3. The third-order valence-electron chi connectivity index (χ3n) is 2.16. The van der Waals surface area contributed by atoms with Crippen molar-refractivity contribution in [1.29, 1.82) is 10.5 Å². The van der Waals surface area contributed by atoms with Crippen LogP contribution in [0.15, 0.2) is 28.2 Å². The number of hydrogen-bond donors (Lipinski definition) is 0. The minimum atomic E-state index is -0.480. The molecule has 0 atom stereocenters. The van der Waals surface area contributed by atoms with Crippen molar-refractivity contribution in [2.75, 3.05) is 13.2 Å². The summed E-state index contributed by atoms with van der Waals surface area (Å²) in [5, 5.41) is 17.5. The van der Waals surface area contributed by atoms with E-state index in [-0.39, 0.29) is 18.8 Å². The van der Waals surface area contributed by atoms with Crippen molar-refractivity contribution < 1.29 is 14.3 Å². The second-order valence-corrected chi connectivity index (χ2v) is 4.47. The summed E-state index contributed by atoms with van der Waals surface area (Å²) < 4.78 is 10.9. The van der Waals surface area contributed by atoms with Crippen LogP contribution in [0.5, 0.6) is 5.75 Å². The Morgan fingerprint density at radius 1 is 1.40 bits per heavy atom. The maximum atomic E-state index is 11.3. The fourth-order valence-corrected chi connectivity index (χ4v) is 1.73. The van der Waals surface area contributed by atoms with Crippen LogP contribution in [0.3, 0.4) is 0 Å². The van der Waals surface area contributed by atoms with E-state index in [1.54, 1.807) is 37.3 Å². The molecule has 0 unspecified atom stereocenters. The highest BCUT2D eigenvalue weighted by Gasteiger charge is 2.08. The van der Waals surface area contributed by atoms with Crippen molar-refractivity contribution in [3.8, 4) is 17.9 Å². The van der Waals surface area contributed by atoms with Crippen LogP contribution in [-0.4, -0.2) is 19.2 Å². The number of esters is 1. The third-order valence-corrected chi connectivity index (χ3v) is 2.66. The summed E-state index contributed by atoms with van der Waals surface area (Å²) in [5.41, 5.74) is 0.478. The van der Waals surface area contributed by atoms with Gasteiger partial charge in [-0.1, -0.05) is 15.9 Å². The first-order valence-electron chi connectivity index (χ1n) is 5.70. The van der Waals surface area contributed by atoms with Gasteiger partial charge in [-0.25, -0.2) is 4.79 Å². The molecule has 0 amide bonds. The van der Waals surface area contributed by atoms with Gasteiger partial charge in [0.25, 0.3) is 0 Å².